The second kappa shape index (κ2) is 6.87. The fourth-order valence-corrected chi connectivity index (χ4v) is 2.69. The van der Waals surface area contributed by atoms with Gasteiger partial charge in [0.15, 0.2) is 0 Å². The van der Waals surface area contributed by atoms with E-state index in [0.717, 1.165) is 25.6 Å². The summed E-state index contributed by atoms with van der Waals surface area (Å²) in [6.07, 6.45) is 1.29. The van der Waals surface area contributed by atoms with Gasteiger partial charge < -0.3 is 15.1 Å². The normalized spacial score (nSPS) is 20.1. The molecule has 2 rings (SSSR count). The number of rotatable bonds is 6. The van der Waals surface area contributed by atoms with E-state index in [0.29, 0.717) is 5.69 Å². The summed E-state index contributed by atoms with van der Waals surface area (Å²) < 4.78 is 13.4. The van der Waals surface area contributed by atoms with Crippen molar-refractivity contribution in [2.24, 2.45) is 5.92 Å². The predicted molar refractivity (Wildman–Crippen MR) is 78.0 cm³/mol. The fraction of sp³-hybridized carbons (Fsp3) is 0.600. The third-order valence-corrected chi connectivity index (χ3v) is 3.74. The van der Waals surface area contributed by atoms with Gasteiger partial charge in [-0.2, -0.15) is 0 Å². The second-order valence-electron chi connectivity index (χ2n) is 5.59. The zero-order valence-electron chi connectivity index (χ0n) is 11.9. The lowest BCUT2D eigenvalue weighted by atomic mass is 10.1. The van der Waals surface area contributed by atoms with Gasteiger partial charge in [-0.1, -0.05) is 12.1 Å². The molecule has 0 bridgehead atoms. The molecular formula is C15H24FN3. The molecule has 1 saturated heterocycles. The van der Waals surface area contributed by atoms with E-state index in [9.17, 15) is 4.39 Å². The Morgan fingerprint density at radius 2 is 2.21 bits per heavy atom. The Morgan fingerprint density at radius 1 is 1.42 bits per heavy atom. The molecule has 0 spiro atoms. The highest BCUT2D eigenvalue weighted by atomic mass is 19.1. The Hall–Kier alpha value is -1.13. The van der Waals surface area contributed by atoms with Gasteiger partial charge in [-0.15, -0.1) is 0 Å². The molecule has 19 heavy (non-hydrogen) atoms. The maximum Gasteiger partial charge on any atom is 0.146 e. The summed E-state index contributed by atoms with van der Waals surface area (Å²) in [5.41, 5.74) is 0.594. The zero-order chi connectivity index (χ0) is 13.7. The zero-order valence-corrected chi connectivity index (χ0v) is 11.9. The molecule has 0 aromatic heterocycles. The Labute approximate surface area is 115 Å². The quantitative estimate of drug-likeness (QED) is 0.850. The number of hydrogen-bond acceptors (Lipinski definition) is 3. The summed E-state index contributed by atoms with van der Waals surface area (Å²) in [5.74, 6) is 0.603. The first-order chi connectivity index (χ1) is 9.15. The van der Waals surface area contributed by atoms with Gasteiger partial charge in [0.1, 0.15) is 5.82 Å². The third kappa shape index (κ3) is 4.48. The van der Waals surface area contributed by atoms with Crippen molar-refractivity contribution in [1.29, 1.82) is 0 Å². The summed E-state index contributed by atoms with van der Waals surface area (Å²) in [6.45, 7) is 5.26. The highest BCUT2D eigenvalue weighted by Crippen LogP contribution is 2.15. The molecule has 3 nitrogen and oxygen atoms in total. The highest BCUT2D eigenvalue weighted by Gasteiger charge is 2.20. The van der Waals surface area contributed by atoms with Crippen LogP contribution in [0.1, 0.15) is 6.42 Å². The van der Waals surface area contributed by atoms with Crippen LogP contribution in [-0.2, 0) is 0 Å². The average Bonchev–Trinajstić information content (AvgIpc) is 2.77. The van der Waals surface area contributed by atoms with Gasteiger partial charge in [0.05, 0.1) is 5.69 Å². The molecule has 1 unspecified atom stereocenters. The predicted octanol–water partition coefficient (Wildman–Crippen LogP) is 2.12. The van der Waals surface area contributed by atoms with Gasteiger partial charge in [0, 0.05) is 26.2 Å². The van der Waals surface area contributed by atoms with Gasteiger partial charge in [-0.05, 0) is 45.1 Å². The summed E-state index contributed by atoms with van der Waals surface area (Å²) in [6, 6.07) is 6.83. The lowest BCUT2D eigenvalue weighted by Crippen LogP contribution is -2.31. The summed E-state index contributed by atoms with van der Waals surface area (Å²) in [7, 11) is 4.32. The van der Waals surface area contributed by atoms with Crippen molar-refractivity contribution in [3.05, 3.63) is 30.1 Å². The second-order valence-corrected chi connectivity index (χ2v) is 5.59. The van der Waals surface area contributed by atoms with E-state index in [-0.39, 0.29) is 5.82 Å². The molecule has 1 aliphatic rings. The number of nitrogens with zero attached hydrogens (tertiary/aromatic N) is 2. The minimum atomic E-state index is -0.178. The maximum absolute atomic E-state index is 13.4. The van der Waals surface area contributed by atoms with Crippen molar-refractivity contribution >= 4 is 5.69 Å². The molecule has 1 heterocycles. The number of nitrogens with one attached hydrogen (secondary N) is 1. The Morgan fingerprint density at radius 3 is 2.89 bits per heavy atom. The molecular weight excluding hydrogens is 241 g/mol. The van der Waals surface area contributed by atoms with Crippen molar-refractivity contribution in [3.63, 3.8) is 0 Å². The minimum Gasteiger partial charge on any atom is -0.381 e. The number of likely N-dealkylation sites (tertiary alicyclic amines) is 1. The van der Waals surface area contributed by atoms with Gasteiger partial charge in [0.2, 0.25) is 0 Å². The Bertz CT molecular complexity index is 397. The molecule has 106 valence electrons. The lowest BCUT2D eigenvalue weighted by molar-refractivity contribution is 0.281. The number of anilines is 1. The first kappa shape index (κ1) is 14.3. The standard InChI is InChI=1S/C15H24FN3/c1-18-9-7-13(11-18)12-19(2)10-8-17-15-6-4-3-5-14(15)16/h3-6,13,17H,7-12H2,1-2H3. The van der Waals surface area contributed by atoms with E-state index in [2.05, 4.69) is 29.2 Å². The largest absolute Gasteiger partial charge is 0.381 e. The van der Waals surface area contributed by atoms with Crippen molar-refractivity contribution in [3.8, 4) is 0 Å². The van der Waals surface area contributed by atoms with Crippen LogP contribution in [0.3, 0.4) is 0 Å². The number of benzene rings is 1. The van der Waals surface area contributed by atoms with E-state index >= 15 is 0 Å². The monoisotopic (exact) mass is 265 g/mol. The van der Waals surface area contributed by atoms with E-state index in [1.54, 1.807) is 12.1 Å². The van der Waals surface area contributed by atoms with Gasteiger partial charge in [-0.25, -0.2) is 4.39 Å². The van der Waals surface area contributed by atoms with Crippen LogP contribution in [0.2, 0.25) is 0 Å². The van der Waals surface area contributed by atoms with E-state index in [4.69, 9.17) is 0 Å². The third-order valence-electron chi connectivity index (χ3n) is 3.74. The summed E-state index contributed by atoms with van der Waals surface area (Å²) in [5, 5.41) is 3.15. The first-order valence-corrected chi connectivity index (χ1v) is 7.00. The van der Waals surface area contributed by atoms with Crippen molar-refractivity contribution < 1.29 is 4.39 Å². The molecule has 1 atom stereocenters. The number of hydrogen-bond donors (Lipinski definition) is 1. The molecule has 0 saturated carbocycles. The SMILES string of the molecule is CN(CCNc1ccccc1F)CC1CCN(C)C1. The van der Waals surface area contributed by atoms with Crippen LogP contribution in [0.4, 0.5) is 10.1 Å². The van der Waals surface area contributed by atoms with Crippen LogP contribution in [0.5, 0.6) is 0 Å². The fourth-order valence-electron chi connectivity index (χ4n) is 2.69. The van der Waals surface area contributed by atoms with Crippen molar-refractivity contribution in [2.75, 3.05) is 52.1 Å². The number of para-hydroxylation sites is 1. The first-order valence-electron chi connectivity index (χ1n) is 7.00. The molecule has 1 aromatic rings. The molecule has 1 fully saturated rings. The molecule has 4 heteroatoms. The van der Waals surface area contributed by atoms with Crippen molar-refractivity contribution in [1.82, 2.24) is 9.80 Å². The molecule has 0 amide bonds. The molecule has 0 aliphatic carbocycles. The van der Waals surface area contributed by atoms with Gasteiger partial charge >= 0.3 is 0 Å². The molecule has 1 N–H and O–H groups in total. The van der Waals surface area contributed by atoms with Crippen molar-refractivity contribution in [2.45, 2.75) is 6.42 Å². The van der Waals surface area contributed by atoms with Gasteiger partial charge in [0.25, 0.3) is 0 Å². The Kier molecular flexibility index (Phi) is 5.16. The van der Waals surface area contributed by atoms with Crippen LogP contribution >= 0.6 is 0 Å². The molecule has 1 aliphatic heterocycles. The maximum atomic E-state index is 13.4. The van der Waals surface area contributed by atoms with Crippen LogP contribution in [-0.4, -0.2) is 56.6 Å². The van der Waals surface area contributed by atoms with Crippen LogP contribution in [0, 0.1) is 11.7 Å². The lowest BCUT2D eigenvalue weighted by Gasteiger charge is -2.21. The van der Waals surface area contributed by atoms with Gasteiger partial charge in [-0.3, -0.25) is 0 Å². The van der Waals surface area contributed by atoms with E-state index < -0.39 is 0 Å². The van der Waals surface area contributed by atoms with Crippen LogP contribution in [0.25, 0.3) is 0 Å². The summed E-state index contributed by atoms with van der Waals surface area (Å²) >= 11 is 0. The van der Waals surface area contributed by atoms with E-state index in [1.807, 2.05) is 6.07 Å². The smallest absolute Gasteiger partial charge is 0.146 e. The molecule has 1 aromatic carbocycles. The number of likely N-dealkylation sites (N-methyl/N-ethyl adjacent to an activating group) is 1. The van der Waals surface area contributed by atoms with E-state index in [1.165, 1.54) is 25.6 Å². The van der Waals surface area contributed by atoms with Crippen LogP contribution < -0.4 is 5.32 Å². The van der Waals surface area contributed by atoms with Crippen LogP contribution in [0.15, 0.2) is 24.3 Å². The number of halogens is 1. The average molecular weight is 265 g/mol. The Balaban J connectivity index is 1.66. The highest BCUT2D eigenvalue weighted by molar-refractivity contribution is 5.44. The molecule has 0 radical (unpaired) electrons. The summed E-state index contributed by atoms with van der Waals surface area (Å²) in [4.78, 5) is 4.72. The topological polar surface area (TPSA) is 18.5 Å². The minimum absolute atomic E-state index is 0.178.